The third kappa shape index (κ3) is 22.0. The summed E-state index contributed by atoms with van der Waals surface area (Å²) in [6.07, 6.45) is 18.3. The van der Waals surface area contributed by atoms with E-state index in [1.54, 1.807) is 31.4 Å². The first-order valence-corrected chi connectivity index (χ1v) is 48.6. The van der Waals surface area contributed by atoms with Gasteiger partial charge in [-0.3, -0.25) is 0 Å². The molecule has 0 aliphatic carbocycles. The summed E-state index contributed by atoms with van der Waals surface area (Å²) in [7, 11) is 1.60. The van der Waals surface area contributed by atoms with Gasteiger partial charge in [0.25, 0.3) is 0 Å². The van der Waals surface area contributed by atoms with Gasteiger partial charge in [-0.15, -0.1) is 0 Å². The predicted molar refractivity (Wildman–Crippen MR) is 527 cm³/mol. The van der Waals surface area contributed by atoms with Gasteiger partial charge in [0.15, 0.2) is 0 Å². The van der Waals surface area contributed by atoms with E-state index in [1.807, 2.05) is 74.5 Å². The molecule has 20 rings (SSSR count). The minimum absolute atomic E-state index is 0. The van der Waals surface area contributed by atoms with Gasteiger partial charge in [-0.05, 0) is 291 Å². The van der Waals surface area contributed by atoms with Crippen molar-refractivity contribution in [3.63, 3.8) is 0 Å². The minimum atomic E-state index is -0.122. The zero-order chi connectivity index (χ0) is 93.8. The fourth-order valence-corrected chi connectivity index (χ4v) is 20.3. The molecular formula is C115H142O19. The summed E-state index contributed by atoms with van der Waals surface area (Å²) in [5, 5.41) is 52.1. The van der Waals surface area contributed by atoms with E-state index in [2.05, 4.69) is 157 Å². The summed E-state index contributed by atoms with van der Waals surface area (Å²) in [4.78, 5) is 0. The fraction of sp³-hybridized carbons (Fsp3) is 0.478. The number of phenols is 5. The van der Waals surface area contributed by atoms with Crippen LogP contribution in [0, 0.1) is 12.8 Å². The zero-order valence-electron chi connectivity index (χ0n) is 80.9. The normalized spacial score (nSPS) is 20.1. The number of aryl methyl sites for hydroxylation is 1. The smallest absolute Gasteiger partial charge is 0.129 e. The van der Waals surface area contributed by atoms with Crippen LogP contribution in [0.5, 0.6) is 109 Å². The molecule has 0 amide bonds. The van der Waals surface area contributed by atoms with Crippen molar-refractivity contribution >= 4 is 0 Å². The quantitative estimate of drug-likeness (QED) is 0.0570. The number of rotatable bonds is 17. The molecule has 19 nitrogen and oxygen atoms in total. The lowest BCUT2D eigenvalue weighted by Gasteiger charge is -2.39. The number of phenolic OH excluding ortho intramolecular Hbond substituents is 5. The molecule has 0 radical (unpaired) electrons. The number of methoxy groups -OCH3 is 1. The van der Waals surface area contributed by atoms with Gasteiger partial charge in [0, 0.05) is 109 Å². The molecule has 10 aromatic carbocycles. The molecule has 0 fully saturated rings. The molecule has 10 aliphatic heterocycles. The number of fused-ring (bicyclic) bond motifs is 15. The van der Waals surface area contributed by atoms with E-state index >= 15 is 0 Å². The van der Waals surface area contributed by atoms with Crippen LogP contribution in [0.3, 0.4) is 0 Å². The van der Waals surface area contributed by atoms with Gasteiger partial charge in [0.05, 0.1) is 60.0 Å². The molecule has 134 heavy (non-hydrogen) atoms. The van der Waals surface area contributed by atoms with E-state index in [-0.39, 0.29) is 88.0 Å². The lowest BCUT2D eigenvalue weighted by atomic mass is 9.83. The van der Waals surface area contributed by atoms with Crippen LogP contribution in [-0.4, -0.2) is 114 Å². The third-order valence-electron chi connectivity index (χ3n) is 28.2. The van der Waals surface area contributed by atoms with E-state index in [0.29, 0.717) is 81.8 Å². The van der Waals surface area contributed by atoms with E-state index in [0.717, 1.165) is 219 Å². The Bertz CT molecular complexity index is 5810. The van der Waals surface area contributed by atoms with Gasteiger partial charge in [0.2, 0.25) is 0 Å². The van der Waals surface area contributed by atoms with Crippen LogP contribution in [0.25, 0.3) is 0 Å². The maximum atomic E-state index is 10.6. The van der Waals surface area contributed by atoms with Crippen LogP contribution in [0.1, 0.15) is 281 Å². The molecule has 0 bridgehead atoms. The number of aromatic hydroxyl groups is 5. The number of hydrogen-bond acceptors (Lipinski definition) is 19. The number of hydrogen-bond donors (Lipinski definition) is 5. The minimum Gasteiger partial charge on any atom is -0.508 e. The van der Waals surface area contributed by atoms with Gasteiger partial charge >= 0.3 is 0 Å². The Morgan fingerprint density at radius 3 is 0.896 bits per heavy atom. The first-order chi connectivity index (χ1) is 63.8. The molecule has 5 N–H and O–H groups in total. The Balaban J connectivity index is 0.000000128. The van der Waals surface area contributed by atoms with E-state index < -0.39 is 0 Å². The fourth-order valence-electron chi connectivity index (χ4n) is 20.3. The van der Waals surface area contributed by atoms with Gasteiger partial charge in [0.1, 0.15) is 137 Å². The Kier molecular flexibility index (Phi) is 29.6. The Labute approximate surface area is 794 Å². The summed E-state index contributed by atoms with van der Waals surface area (Å²) in [5.74, 6) is 15.3. The van der Waals surface area contributed by atoms with Crippen molar-refractivity contribution in [1.82, 2.24) is 0 Å². The number of benzene rings is 10. The molecular weight excluding hydrogens is 1690 g/mol. The van der Waals surface area contributed by atoms with Crippen molar-refractivity contribution in [3.05, 3.63) is 241 Å². The maximum absolute atomic E-state index is 10.6. The highest BCUT2D eigenvalue weighted by atomic mass is 16.5. The average Bonchev–Trinajstić information content (AvgIpc) is 0.816. The lowest BCUT2D eigenvalue weighted by Crippen LogP contribution is -2.38. The second-order valence-corrected chi connectivity index (χ2v) is 40.6. The summed E-state index contributed by atoms with van der Waals surface area (Å²) in [6.45, 7) is 36.5. The van der Waals surface area contributed by atoms with Gasteiger partial charge in [-0.2, -0.15) is 0 Å². The third-order valence-corrected chi connectivity index (χ3v) is 28.2. The first kappa shape index (κ1) is 97.0. The van der Waals surface area contributed by atoms with Gasteiger partial charge in [-0.1, -0.05) is 109 Å². The highest BCUT2D eigenvalue weighted by Crippen LogP contribution is 2.53. The monoisotopic (exact) mass is 1830 g/mol. The standard InChI is InChI=1S/C25H32O4.C23H28O4.C23H28O3.C22H26O4.C21H24O4.CH4/c1-16(2)10-12-27-19-6-7-20(22(26)14-19)18-13-17-5-8-23-21(24(17)28-15-18)9-11-25(3,4)29-23;1-4-11-25-17-6-7-18(20(24)13-17)16-12-15-5-8-21-19(22(15)26-14-16)9-10-23(2,3)27-21;1-4-23(5-2)11-10-19-21(26-23)9-7-16-13-17(14-25-22(16)19)18-8-6-15(3)12-20(18)24;1-4-24-16-6-7-17(19(23)12-16)15-11-14-5-8-20-18(21(14)25-13-15)9-10-22(2,3)26-20;1-21(2)9-8-17-19(25-21)7-4-13-10-14(12-24-20(13)17)16-6-5-15(23-3)11-18(16)22;/h5-8,14,16,18,26H,9-13,15H2,1-4H3;5-8,13,16,24H,4,9-12,14H2,1-3H3;6-9,12,17,24H,4-5,10-11,13-14H2,1-3H3;5-8,12,15,23H,4,9-11,13H2,1-3H3;4-7,11,14,22H,8-10,12H2,1-3H3;1H4. The molecule has 0 aromatic heterocycles. The van der Waals surface area contributed by atoms with Crippen molar-refractivity contribution < 1.29 is 91.8 Å². The van der Waals surface area contributed by atoms with Crippen LogP contribution in [0.2, 0.25) is 0 Å². The lowest BCUT2D eigenvalue weighted by molar-refractivity contribution is 0.0370. The molecule has 10 aromatic rings. The highest BCUT2D eigenvalue weighted by Gasteiger charge is 2.41. The summed E-state index contributed by atoms with van der Waals surface area (Å²) in [5.41, 5.74) is 17.2. The molecule has 0 spiro atoms. The van der Waals surface area contributed by atoms with Crippen LogP contribution in [0.4, 0.5) is 0 Å². The summed E-state index contributed by atoms with van der Waals surface area (Å²) < 4.78 is 83.8. The molecule has 5 atom stereocenters. The van der Waals surface area contributed by atoms with Crippen LogP contribution < -0.4 is 66.3 Å². The van der Waals surface area contributed by atoms with Crippen molar-refractivity contribution in [2.45, 2.75) is 291 Å². The maximum Gasteiger partial charge on any atom is 0.129 e. The highest BCUT2D eigenvalue weighted by molar-refractivity contribution is 5.60. The second kappa shape index (κ2) is 40.9. The molecule has 10 aliphatic rings. The molecule has 10 heterocycles. The van der Waals surface area contributed by atoms with Gasteiger partial charge in [-0.25, -0.2) is 0 Å². The van der Waals surface area contributed by atoms with E-state index in [1.165, 1.54) is 55.6 Å². The van der Waals surface area contributed by atoms with E-state index in [4.69, 9.17) is 66.3 Å². The van der Waals surface area contributed by atoms with Crippen molar-refractivity contribution in [3.8, 4) is 109 Å². The van der Waals surface area contributed by atoms with Crippen molar-refractivity contribution in [1.29, 1.82) is 0 Å². The summed E-state index contributed by atoms with van der Waals surface area (Å²) in [6, 6.07) is 49.2. The second-order valence-electron chi connectivity index (χ2n) is 40.6. The molecule has 0 saturated carbocycles. The predicted octanol–water partition coefficient (Wildman–Crippen LogP) is 25.4. The summed E-state index contributed by atoms with van der Waals surface area (Å²) >= 11 is 0. The largest absolute Gasteiger partial charge is 0.508 e. The van der Waals surface area contributed by atoms with Gasteiger partial charge < -0.3 is 91.8 Å². The zero-order valence-corrected chi connectivity index (χ0v) is 80.9. The molecule has 716 valence electrons. The van der Waals surface area contributed by atoms with Crippen molar-refractivity contribution in [2.24, 2.45) is 5.92 Å². The SMILES string of the molecule is C.CC(C)CCOc1ccc(C2COc3c(ccc4c3CCC(C)(C)O4)C2)c(O)c1.CCC1(CC)CCc2c(ccc3c2OCC(c2ccc(C)cc2O)C3)O1.CCCOc1ccc(C2COc3c(ccc4c3CCC(C)(C)O4)C2)c(O)c1.CCOc1ccc(C2COc3c(ccc4c3CCC(C)(C)O4)C2)c(O)c1.COc1ccc(C2COc3c(ccc4c3CCC(C)(C)O4)C2)c(O)c1. The average molecular weight is 1830 g/mol. The van der Waals surface area contributed by atoms with Crippen LogP contribution in [-0.2, 0) is 64.2 Å². The topological polar surface area (TPSA) is 230 Å². The Morgan fingerprint density at radius 2 is 0.612 bits per heavy atom. The van der Waals surface area contributed by atoms with Crippen LogP contribution >= 0.6 is 0 Å². The number of ether oxygens (including phenoxy) is 14. The van der Waals surface area contributed by atoms with E-state index in [9.17, 15) is 25.5 Å². The Hall–Kier alpha value is -11.6. The molecule has 19 heteroatoms. The van der Waals surface area contributed by atoms with Crippen molar-refractivity contribution in [2.75, 3.05) is 60.0 Å². The van der Waals surface area contributed by atoms with Crippen LogP contribution in [0.15, 0.2) is 152 Å². The first-order valence-electron chi connectivity index (χ1n) is 48.6. The molecule has 0 saturated heterocycles. The molecule has 5 unspecified atom stereocenters. The Morgan fingerprint density at radius 1 is 0.336 bits per heavy atom.